The Bertz CT molecular complexity index is 399. The molecule has 0 unspecified atom stereocenters. The molecule has 0 heterocycles. The van der Waals surface area contributed by atoms with Gasteiger partial charge in [-0.3, -0.25) is 0 Å². The molecule has 2 N–H and O–H groups in total. The molecular formula is C11H13BO3. The van der Waals surface area contributed by atoms with Gasteiger partial charge in [0.05, 0.1) is 7.11 Å². The zero-order chi connectivity index (χ0) is 10.8. The topological polar surface area (TPSA) is 49.7 Å². The van der Waals surface area contributed by atoms with E-state index in [1.807, 2.05) is 24.3 Å². The molecule has 0 bridgehead atoms. The molecule has 3 nitrogen and oxygen atoms in total. The Morgan fingerprint density at radius 2 is 2.07 bits per heavy atom. The van der Waals surface area contributed by atoms with Crippen LogP contribution in [0.25, 0.3) is 6.08 Å². The van der Waals surface area contributed by atoms with Gasteiger partial charge in [-0.15, -0.1) is 0 Å². The van der Waals surface area contributed by atoms with Crippen LogP contribution in [0.4, 0.5) is 0 Å². The Morgan fingerprint density at radius 1 is 1.27 bits per heavy atom. The maximum absolute atomic E-state index is 9.09. The number of aryl methyl sites for hydroxylation is 1. The average molecular weight is 204 g/mol. The molecule has 1 aliphatic rings. The Balaban J connectivity index is 2.39. The van der Waals surface area contributed by atoms with Crippen molar-refractivity contribution in [3.05, 3.63) is 34.8 Å². The predicted octanol–water partition coefficient (Wildman–Crippen LogP) is 1.04. The van der Waals surface area contributed by atoms with Crippen molar-refractivity contribution in [1.29, 1.82) is 0 Å². The van der Waals surface area contributed by atoms with E-state index < -0.39 is 7.12 Å². The van der Waals surface area contributed by atoms with Crippen LogP contribution in [-0.2, 0) is 6.42 Å². The molecule has 0 spiro atoms. The summed E-state index contributed by atoms with van der Waals surface area (Å²) >= 11 is 0. The minimum atomic E-state index is -1.34. The molecule has 0 saturated heterocycles. The van der Waals surface area contributed by atoms with Gasteiger partial charge in [0, 0.05) is 0 Å². The number of hydrogen-bond acceptors (Lipinski definition) is 3. The van der Waals surface area contributed by atoms with Crippen molar-refractivity contribution >= 4 is 13.2 Å². The second kappa shape index (κ2) is 4.09. The summed E-state index contributed by atoms with van der Waals surface area (Å²) in [6.07, 6.45) is 3.38. The smallest absolute Gasteiger partial charge is 0.484 e. The fraction of sp³-hybridized carbons (Fsp3) is 0.273. The second-order valence-electron chi connectivity index (χ2n) is 3.66. The third-order valence-corrected chi connectivity index (χ3v) is 2.71. The summed E-state index contributed by atoms with van der Waals surface area (Å²) in [7, 11) is 0.278. The quantitative estimate of drug-likeness (QED) is 0.707. The van der Waals surface area contributed by atoms with Crippen LogP contribution < -0.4 is 4.74 Å². The minimum Gasteiger partial charge on any atom is -0.497 e. The van der Waals surface area contributed by atoms with Crippen molar-refractivity contribution in [3.8, 4) is 5.75 Å². The lowest BCUT2D eigenvalue weighted by Crippen LogP contribution is -2.18. The van der Waals surface area contributed by atoms with Gasteiger partial charge in [0.25, 0.3) is 0 Å². The van der Waals surface area contributed by atoms with Crippen LogP contribution >= 0.6 is 0 Å². The minimum absolute atomic E-state index is 0.663. The molecule has 0 radical (unpaired) electrons. The molecule has 0 aromatic heterocycles. The Morgan fingerprint density at radius 3 is 2.73 bits per heavy atom. The van der Waals surface area contributed by atoms with Gasteiger partial charge in [0.15, 0.2) is 0 Å². The molecule has 4 heteroatoms. The van der Waals surface area contributed by atoms with E-state index in [1.54, 1.807) is 7.11 Å². The first-order valence-corrected chi connectivity index (χ1v) is 4.94. The van der Waals surface area contributed by atoms with Gasteiger partial charge in [-0.2, -0.15) is 0 Å². The Labute approximate surface area is 89.2 Å². The van der Waals surface area contributed by atoms with Gasteiger partial charge in [-0.05, 0) is 41.6 Å². The van der Waals surface area contributed by atoms with E-state index in [-0.39, 0.29) is 0 Å². The number of ether oxygens (including phenoxy) is 1. The third-order valence-electron chi connectivity index (χ3n) is 2.71. The average Bonchev–Trinajstić information content (AvgIpc) is 2.27. The predicted molar refractivity (Wildman–Crippen MR) is 59.5 cm³/mol. The number of rotatable bonds is 2. The normalized spacial score (nSPS) is 14.2. The van der Waals surface area contributed by atoms with Crippen molar-refractivity contribution in [1.82, 2.24) is 0 Å². The molecule has 0 atom stereocenters. The fourth-order valence-corrected chi connectivity index (χ4v) is 1.82. The van der Waals surface area contributed by atoms with Crippen LogP contribution in [0.5, 0.6) is 5.75 Å². The van der Waals surface area contributed by atoms with Crippen molar-refractivity contribution < 1.29 is 14.8 Å². The third kappa shape index (κ3) is 2.06. The summed E-state index contributed by atoms with van der Waals surface area (Å²) < 4.78 is 5.12. The van der Waals surface area contributed by atoms with E-state index >= 15 is 0 Å². The number of benzene rings is 1. The zero-order valence-electron chi connectivity index (χ0n) is 8.60. The highest BCUT2D eigenvalue weighted by molar-refractivity contribution is 6.52. The van der Waals surface area contributed by atoms with Gasteiger partial charge in [0.1, 0.15) is 5.75 Å². The fourth-order valence-electron chi connectivity index (χ4n) is 1.82. The summed E-state index contributed by atoms with van der Waals surface area (Å²) in [5, 5.41) is 18.2. The van der Waals surface area contributed by atoms with Crippen LogP contribution in [0.1, 0.15) is 17.5 Å². The number of hydrogen-bond donors (Lipinski definition) is 2. The van der Waals surface area contributed by atoms with Crippen LogP contribution in [0, 0.1) is 0 Å². The highest BCUT2D eigenvalue weighted by Gasteiger charge is 2.19. The van der Waals surface area contributed by atoms with E-state index in [1.165, 1.54) is 5.56 Å². The number of methoxy groups -OCH3 is 1. The molecule has 0 amide bonds. The first kappa shape index (κ1) is 10.3. The van der Waals surface area contributed by atoms with E-state index in [9.17, 15) is 0 Å². The first-order valence-electron chi connectivity index (χ1n) is 4.94. The summed E-state index contributed by atoms with van der Waals surface area (Å²) in [5.41, 5.74) is 2.90. The van der Waals surface area contributed by atoms with Gasteiger partial charge in [-0.25, -0.2) is 0 Å². The van der Waals surface area contributed by atoms with E-state index in [0.29, 0.717) is 11.9 Å². The summed E-state index contributed by atoms with van der Waals surface area (Å²) in [5.74, 6) is 0.790. The van der Waals surface area contributed by atoms with Crippen LogP contribution in [0.3, 0.4) is 0 Å². The number of fused-ring (bicyclic) bond motifs is 1. The van der Waals surface area contributed by atoms with E-state index in [4.69, 9.17) is 14.8 Å². The summed E-state index contributed by atoms with van der Waals surface area (Å²) in [6.45, 7) is 0. The SMILES string of the molecule is COc1ccc2c(c1)C=C(B(O)O)CC2. The highest BCUT2D eigenvalue weighted by Crippen LogP contribution is 2.27. The molecule has 1 aromatic rings. The second-order valence-corrected chi connectivity index (χ2v) is 3.66. The van der Waals surface area contributed by atoms with Crippen molar-refractivity contribution in [3.63, 3.8) is 0 Å². The van der Waals surface area contributed by atoms with E-state index in [2.05, 4.69) is 0 Å². The first-order chi connectivity index (χ1) is 7.20. The van der Waals surface area contributed by atoms with Crippen LogP contribution in [0.15, 0.2) is 23.7 Å². The lowest BCUT2D eigenvalue weighted by molar-refractivity contribution is 0.413. The molecule has 78 valence electrons. The molecule has 0 aliphatic heterocycles. The maximum Gasteiger partial charge on any atom is 0.484 e. The molecular weight excluding hydrogens is 191 g/mol. The monoisotopic (exact) mass is 204 g/mol. The van der Waals surface area contributed by atoms with Crippen molar-refractivity contribution in [2.45, 2.75) is 12.8 Å². The lowest BCUT2D eigenvalue weighted by atomic mass is 9.72. The number of allylic oxidation sites excluding steroid dienone is 1. The molecule has 1 aromatic carbocycles. The van der Waals surface area contributed by atoms with Gasteiger partial charge in [0.2, 0.25) is 0 Å². The lowest BCUT2D eigenvalue weighted by Gasteiger charge is -2.16. The molecule has 1 aliphatic carbocycles. The molecule has 15 heavy (non-hydrogen) atoms. The molecule has 2 rings (SSSR count). The van der Waals surface area contributed by atoms with Crippen molar-refractivity contribution in [2.75, 3.05) is 7.11 Å². The van der Waals surface area contributed by atoms with Gasteiger partial charge in [-0.1, -0.05) is 12.1 Å². The summed E-state index contributed by atoms with van der Waals surface area (Å²) in [6, 6.07) is 5.86. The van der Waals surface area contributed by atoms with Gasteiger partial charge < -0.3 is 14.8 Å². The molecule has 0 fully saturated rings. The molecule has 0 saturated carbocycles. The van der Waals surface area contributed by atoms with E-state index in [0.717, 1.165) is 17.7 Å². The van der Waals surface area contributed by atoms with Crippen LogP contribution in [-0.4, -0.2) is 24.3 Å². The van der Waals surface area contributed by atoms with Crippen molar-refractivity contribution in [2.24, 2.45) is 0 Å². The Hall–Kier alpha value is -1.26. The van der Waals surface area contributed by atoms with Crippen LogP contribution in [0.2, 0.25) is 0 Å². The van der Waals surface area contributed by atoms with Gasteiger partial charge >= 0.3 is 7.12 Å². The highest BCUT2D eigenvalue weighted by atomic mass is 16.5. The zero-order valence-corrected chi connectivity index (χ0v) is 8.60. The standard InChI is InChI=1S/C11H13BO3/c1-15-11-5-3-8-2-4-10(12(13)14)6-9(8)7-11/h3,5-7,13-14H,2,4H2,1H3. The summed E-state index contributed by atoms with van der Waals surface area (Å²) in [4.78, 5) is 0. The largest absolute Gasteiger partial charge is 0.497 e. The maximum atomic E-state index is 9.09. The Kier molecular flexibility index (Phi) is 2.80.